The molecule has 0 saturated carbocycles. The van der Waals surface area contributed by atoms with Crippen LogP contribution in [0.4, 0.5) is 0 Å². The molecule has 2 N–H and O–H groups in total. The van der Waals surface area contributed by atoms with Gasteiger partial charge in [0.15, 0.2) is 0 Å². The van der Waals surface area contributed by atoms with Crippen molar-refractivity contribution in [2.75, 3.05) is 6.61 Å². The molecule has 2 nitrogen and oxygen atoms in total. The first-order chi connectivity index (χ1) is 8.02. The van der Waals surface area contributed by atoms with E-state index in [1.807, 2.05) is 0 Å². The highest BCUT2D eigenvalue weighted by Gasteiger charge is 2.09. The van der Waals surface area contributed by atoms with Crippen molar-refractivity contribution in [3.8, 4) is 0 Å². The lowest BCUT2D eigenvalue weighted by atomic mass is 10.0. The van der Waals surface area contributed by atoms with Crippen molar-refractivity contribution < 1.29 is 5.11 Å². The van der Waals surface area contributed by atoms with Crippen molar-refractivity contribution in [1.29, 1.82) is 0 Å². The van der Waals surface area contributed by atoms with E-state index in [9.17, 15) is 5.11 Å². The van der Waals surface area contributed by atoms with Gasteiger partial charge in [-0.25, -0.2) is 0 Å². The van der Waals surface area contributed by atoms with Crippen molar-refractivity contribution in [2.45, 2.75) is 39.8 Å². The van der Waals surface area contributed by atoms with E-state index >= 15 is 0 Å². The topological polar surface area (TPSA) is 32.3 Å². The number of nitrogens with one attached hydrogen (secondary N) is 1. The third-order valence-electron chi connectivity index (χ3n) is 2.77. The molecule has 0 aliphatic rings. The van der Waals surface area contributed by atoms with E-state index in [-0.39, 0.29) is 12.6 Å². The van der Waals surface area contributed by atoms with Gasteiger partial charge in [0.25, 0.3) is 0 Å². The molecule has 0 saturated heterocycles. The van der Waals surface area contributed by atoms with Crippen LogP contribution in [0.25, 0.3) is 0 Å². The Morgan fingerprint density at radius 1 is 1.35 bits per heavy atom. The number of aliphatic hydroxyl groups is 1. The highest BCUT2D eigenvalue weighted by molar-refractivity contribution is 9.10. The summed E-state index contributed by atoms with van der Waals surface area (Å²) in [6, 6.07) is 6.53. The van der Waals surface area contributed by atoms with Crippen LogP contribution in [-0.2, 0) is 6.54 Å². The third kappa shape index (κ3) is 5.19. The Morgan fingerprint density at radius 2 is 2.06 bits per heavy atom. The van der Waals surface area contributed by atoms with Crippen molar-refractivity contribution in [1.82, 2.24) is 5.32 Å². The van der Waals surface area contributed by atoms with Crippen LogP contribution in [-0.4, -0.2) is 17.8 Å². The zero-order valence-corrected chi connectivity index (χ0v) is 12.4. The Bertz CT molecular complexity index is 352. The number of aryl methyl sites for hydroxylation is 1. The Morgan fingerprint density at radius 3 is 2.59 bits per heavy atom. The van der Waals surface area contributed by atoms with Crippen LogP contribution in [0.2, 0.25) is 0 Å². The van der Waals surface area contributed by atoms with Gasteiger partial charge in [0.1, 0.15) is 0 Å². The Labute approximate surface area is 113 Å². The SMILES string of the molecule is Cc1ccc(CNC(CO)CC(C)C)c(Br)c1. The fourth-order valence-corrected chi connectivity index (χ4v) is 2.47. The van der Waals surface area contributed by atoms with E-state index in [4.69, 9.17) is 0 Å². The first kappa shape index (κ1) is 14.7. The minimum absolute atomic E-state index is 0.184. The maximum absolute atomic E-state index is 9.29. The minimum atomic E-state index is 0.184. The van der Waals surface area contributed by atoms with E-state index in [1.54, 1.807) is 0 Å². The van der Waals surface area contributed by atoms with Gasteiger partial charge in [0.05, 0.1) is 6.61 Å². The zero-order chi connectivity index (χ0) is 12.8. The average Bonchev–Trinajstić information content (AvgIpc) is 2.25. The Hall–Kier alpha value is -0.380. The molecule has 1 aromatic rings. The second kappa shape index (κ2) is 7.14. The van der Waals surface area contributed by atoms with Crippen molar-refractivity contribution in [3.05, 3.63) is 33.8 Å². The van der Waals surface area contributed by atoms with Gasteiger partial charge in [0, 0.05) is 17.1 Å². The van der Waals surface area contributed by atoms with Gasteiger partial charge in [-0.15, -0.1) is 0 Å². The van der Waals surface area contributed by atoms with Crippen molar-refractivity contribution in [2.24, 2.45) is 5.92 Å². The molecular formula is C14H22BrNO. The standard InChI is InChI=1S/C14H22BrNO/c1-10(2)6-13(9-17)16-8-12-5-4-11(3)7-14(12)15/h4-5,7,10,13,16-17H,6,8-9H2,1-3H3. The quantitative estimate of drug-likeness (QED) is 0.845. The van der Waals surface area contributed by atoms with Gasteiger partial charge in [0.2, 0.25) is 0 Å². The second-order valence-electron chi connectivity index (χ2n) is 4.98. The summed E-state index contributed by atoms with van der Waals surface area (Å²) in [5, 5.41) is 12.7. The van der Waals surface area contributed by atoms with Gasteiger partial charge in [-0.3, -0.25) is 0 Å². The highest BCUT2D eigenvalue weighted by Crippen LogP contribution is 2.18. The Kier molecular flexibility index (Phi) is 6.17. The van der Waals surface area contributed by atoms with E-state index < -0.39 is 0 Å². The smallest absolute Gasteiger partial charge is 0.0584 e. The lowest BCUT2D eigenvalue weighted by molar-refractivity contribution is 0.223. The highest BCUT2D eigenvalue weighted by atomic mass is 79.9. The van der Waals surface area contributed by atoms with Gasteiger partial charge >= 0.3 is 0 Å². The van der Waals surface area contributed by atoms with Crippen LogP contribution in [0.1, 0.15) is 31.4 Å². The van der Waals surface area contributed by atoms with Crippen molar-refractivity contribution in [3.63, 3.8) is 0 Å². The summed E-state index contributed by atoms with van der Waals surface area (Å²) in [6.07, 6.45) is 1.000. The first-order valence-corrected chi connectivity index (χ1v) is 6.91. The molecule has 1 aromatic carbocycles. The van der Waals surface area contributed by atoms with Crippen LogP contribution in [0.15, 0.2) is 22.7 Å². The normalized spacial score (nSPS) is 13.1. The summed E-state index contributed by atoms with van der Waals surface area (Å²) in [7, 11) is 0. The summed E-state index contributed by atoms with van der Waals surface area (Å²) >= 11 is 3.57. The molecule has 17 heavy (non-hydrogen) atoms. The van der Waals surface area contributed by atoms with Crippen LogP contribution >= 0.6 is 15.9 Å². The predicted octanol–water partition coefficient (Wildman–Crippen LogP) is 3.25. The van der Waals surface area contributed by atoms with E-state index in [0.29, 0.717) is 5.92 Å². The van der Waals surface area contributed by atoms with Crippen LogP contribution in [0, 0.1) is 12.8 Å². The molecule has 1 unspecified atom stereocenters. The predicted molar refractivity (Wildman–Crippen MR) is 76.0 cm³/mol. The van der Waals surface area contributed by atoms with Crippen LogP contribution in [0.5, 0.6) is 0 Å². The number of halogens is 1. The van der Waals surface area contributed by atoms with Crippen molar-refractivity contribution >= 4 is 15.9 Å². The van der Waals surface area contributed by atoms with Crippen LogP contribution < -0.4 is 5.32 Å². The van der Waals surface area contributed by atoms with Gasteiger partial charge in [-0.1, -0.05) is 41.9 Å². The van der Waals surface area contributed by atoms with E-state index in [2.05, 4.69) is 60.2 Å². The molecule has 0 aliphatic heterocycles. The second-order valence-corrected chi connectivity index (χ2v) is 5.84. The number of benzene rings is 1. The summed E-state index contributed by atoms with van der Waals surface area (Å²) in [5.41, 5.74) is 2.49. The Balaban J connectivity index is 2.53. The molecule has 0 heterocycles. The summed E-state index contributed by atoms with van der Waals surface area (Å²) in [6.45, 7) is 7.41. The van der Waals surface area contributed by atoms with E-state index in [1.165, 1.54) is 11.1 Å². The summed E-state index contributed by atoms with van der Waals surface area (Å²) in [5.74, 6) is 0.598. The number of hydrogen-bond acceptors (Lipinski definition) is 2. The number of aliphatic hydroxyl groups excluding tert-OH is 1. The maximum Gasteiger partial charge on any atom is 0.0584 e. The monoisotopic (exact) mass is 299 g/mol. The van der Waals surface area contributed by atoms with Gasteiger partial charge in [-0.05, 0) is 36.5 Å². The molecule has 0 aliphatic carbocycles. The summed E-state index contributed by atoms with van der Waals surface area (Å²) in [4.78, 5) is 0. The molecule has 0 amide bonds. The molecule has 96 valence electrons. The average molecular weight is 300 g/mol. The largest absolute Gasteiger partial charge is 0.395 e. The molecule has 1 rings (SSSR count). The maximum atomic E-state index is 9.29. The lowest BCUT2D eigenvalue weighted by Crippen LogP contribution is -2.33. The van der Waals surface area contributed by atoms with Gasteiger partial charge in [-0.2, -0.15) is 0 Å². The number of rotatable bonds is 6. The van der Waals surface area contributed by atoms with Crippen LogP contribution in [0.3, 0.4) is 0 Å². The molecule has 0 aromatic heterocycles. The minimum Gasteiger partial charge on any atom is -0.395 e. The molecule has 3 heteroatoms. The number of hydrogen-bond donors (Lipinski definition) is 2. The third-order valence-corrected chi connectivity index (χ3v) is 3.50. The van der Waals surface area contributed by atoms with Gasteiger partial charge < -0.3 is 10.4 Å². The lowest BCUT2D eigenvalue weighted by Gasteiger charge is -2.18. The fraction of sp³-hybridized carbons (Fsp3) is 0.571. The van der Waals surface area contributed by atoms with E-state index in [0.717, 1.165) is 17.4 Å². The molecular weight excluding hydrogens is 278 g/mol. The molecule has 0 fully saturated rings. The molecule has 0 radical (unpaired) electrons. The molecule has 0 spiro atoms. The fourth-order valence-electron chi connectivity index (χ4n) is 1.84. The molecule has 0 bridgehead atoms. The molecule has 1 atom stereocenters. The zero-order valence-electron chi connectivity index (χ0n) is 10.8. The summed E-state index contributed by atoms with van der Waals surface area (Å²) < 4.78 is 1.13. The first-order valence-electron chi connectivity index (χ1n) is 6.12.